The number of aromatic nitrogens is 2. The van der Waals surface area contributed by atoms with Crippen molar-refractivity contribution < 1.29 is 0 Å². The number of nitrogens with zero attached hydrogens (tertiary/aromatic N) is 3. The molecule has 2 N–H and O–H groups in total. The summed E-state index contributed by atoms with van der Waals surface area (Å²) in [4.78, 5) is 11.1. The zero-order valence-electron chi connectivity index (χ0n) is 13.9. The molecule has 5 nitrogen and oxygen atoms in total. The summed E-state index contributed by atoms with van der Waals surface area (Å²) >= 11 is 6.17. The number of aryl methyl sites for hydroxylation is 1. The van der Waals surface area contributed by atoms with Crippen LogP contribution in [0, 0.1) is 6.92 Å². The number of nitrogens with one attached hydrogen (secondary N) is 2. The van der Waals surface area contributed by atoms with E-state index in [9.17, 15) is 0 Å². The number of rotatable bonds is 8. The molecule has 1 heterocycles. The molecule has 124 valence electrons. The summed E-state index contributed by atoms with van der Waals surface area (Å²) in [6, 6.07) is 9.72. The number of hydrogen-bond acceptors (Lipinski definition) is 5. The monoisotopic (exact) mass is 333 g/mol. The Labute approximate surface area is 143 Å². The molecule has 1 aromatic heterocycles. The molecule has 1 aromatic carbocycles. The van der Waals surface area contributed by atoms with Crippen molar-refractivity contribution in [2.75, 3.05) is 37.8 Å². The van der Waals surface area contributed by atoms with Crippen molar-refractivity contribution in [3.63, 3.8) is 0 Å². The minimum absolute atomic E-state index is 0.600. The van der Waals surface area contributed by atoms with Gasteiger partial charge in [-0.3, -0.25) is 0 Å². The van der Waals surface area contributed by atoms with Crippen LogP contribution in [-0.2, 0) is 6.54 Å². The van der Waals surface area contributed by atoms with Crippen molar-refractivity contribution in [2.24, 2.45) is 0 Å². The first-order valence-electron chi connectivity index (χ1n) is 7.76. The molecule has 0 fully saturated rings. The highest BCUT2D eigenvalue weighted by molar-refractivity contribution is 6.31. The van der Waals surface area contributed by atoms with Crippen molar-refractivity contribution in [3.8, 4) is 0 Å². The number of halogens is 1. The van der Waals surface area contributed by atoms with E-state index in [4.69, 9.17) is 11.6 Å². The largest absolute Gasteiger partial charge is 0.370 e. The lowest BCUT2D eigenvalue weighted by Crippen LogP contribution is -2.17. The zero-order valence-corrected chi connectivity index (χ0v) is 14.7. The van der Waals surface area contributed by atoms with Gasteiger partial charge in [-0.25, -0.2) is 4.98 Å². The summed E-state index contributed by atoms with van der Waals surface area (Å²) in [6.45, 7) is 4.50. The Morgan fingerprint density at radius 3 is 2.65 bits per heavy atom. The Morgan fingerprint density at radius 1 is 1.13 bits per heavy atom. The predicted octanol–water partition coefficient (Wildman–Crippen LogP) is 3.41. The van der Waals surface area contributed by atoms with E-state index in [1.807, 2.05) is 37.3 Å². The van der Waals surface area contributed by atoms with Crippen LogP contribution in [0.25, 0.3) is 0 Å². The molecule has 0 spiro atoms. The molecule has 0 saturated carbocycles. The molecule has 0 radical (unpaired) electrons. The number of benzene rings is 1. The van der Waals surface area contributed by atoms with Crippen LogP contribution in [0.1, 0.15) is 17.7 Å². The van der Waals surface area contributed by atoms with Gasteiger partial charge in [0.2, 0.25) is 5.95 Å². The Hall–Kier alpha value is -1.85. The average molecular weight is 334 g/mol. The molecular weight excluding hydrogens is 310 g/mol. The van der Waals surface area contributed by atoms with E-state index in [2.05, 4.69) is 39.6 Å². The van der Waals surface area contributed by atoms with Crippen LogP contribution in [-0.4, -0.2) is 42.1 Å². The SMILES string of the molecule is Cc1cc(NCCCN(C)C)nc(NCc2ccccc2Cl)n1. The second kappa shape index (κ2) is 8.70. The normalized spacial score (nSPS) is 10.8. The van der Waals surface area contributed by atoms with Crippen molar-refractivity contribution in [1.29, 1.82) is 0 Å². The molecule has 2 rings (SSSR count). The third kappa shape index (κ3) is 6.04. The summed E-state index contributed by atoms with van der Waals surface area (Å²) in [7, 11) is 4.15. The lowest BCUT2D eigenvalue weighted by molar-refractivity contribution is 0.405. The van der Waals surface area contributed by atoms with Gasteiger partial charge >= 0.3 is 0 Å². The van der Waals surface area contributed by atoms with E-state index >= 15 is 0 Å². The van der Waals surface area contributed by atoms with E-state index in [1.165, 1.54) is 0 Å². The summed E-state index contributed by atoms with van der Waals surface area (Å²) in [6.07, 6.45) is 1.07. The Bertz CT molecular complexity index is 630. The maximum atomic E-state index is 6.17. The molecule has 0 saturated heterocycles. The molecule has 0 aliphatic heterocycles. The van der Waals surface area contributed by atoms with Crippen molar-refractivity contribution >= 4 is 23.4 Å². The highest BCUT2D eigenvalue weighted by atomic mass is 35.5. The maximum absolute atomic E-state index is 6.17. The van der Waals surface area contributed by atoms with Crippen LogP contribution in [0.3, 0.4) is 0 Å². The third-order valence-corrected chi connectivity index (χ3v) is 3.71. The summed E-state index contributed by atoms with van der Waals surface area (Å²) < 4.78 is 0. The van der Waals surface area contributed by atoms with E-state index in [0.29, 0.717) is 12.5 Å². The zero-order chi connectivity index (χ0) is 16.7. The van der Waals surface area contributed by atoms with Crippen molar-refractivity contribution in [1.82, 2.24) is 14.9 Å². The fraction of sp³-hybridized carbons (Fsp3) is 0.412. The van der Waals surface area contributed by atoms with Gasteiger partial charge in [-0.15, -0.1) is 0 Å². The van der Waals surface area contributed by atoms with E-state index in [1.54, 1.807) is 0 Å². The fourth-order valence-corrected chi connectivity index (χ4v) is 2.37. The van der Waals surface area contributed by atoms with Gasteiger partial charge in [0.25, 0.3) is 0 Å². The quantitative estimate of drug-likeness (QED) is 0.725. The standard InChI is InChI=1S/C17H24ClN5/c1-13-11-16(19-9-6-10-23(2)3)22-17(21-13)20-12-14-7-4-5-8-15(14)18/h4-5,7-8,11H,6,9-10,12H2,1-3H3,(H2,19,20,21,22). The summed E-state index contributed by atoms with van der Waals surface area (Å²) in [5.74, 6) is 1.46. The van der Waals surface area contributed by atoms with E-state index in [0.717, 1.165) is 41.6 Å². The minimum Gasteiger partial charge on any atom is -0.370 e. The molecule has 0 amide bonds. The third-order valence-electron chi connectivity index (χ3n) is 3.34. The van der Waals surface area contributed by atoms with Crippen LogP contribution in [0.4, 0.5) is 11.8 Å². The van der Waals surface area contributed by atoms with Gasteiger partial charge in [-0.1, -0.05) is 29.8 Å². The van der Waals surface area contributed by atoms with Crippen LogP contribution in [0.15, 0.2) is 30.3 Å². The second-order valence-corrected chi connectivity index (χ2v) is 6.15. The molecule has 6 heteroatoms. The average Bonchev–Trinajstić information content (AvgIpc) is 2.50. The predicted molar refractivity (Wildman–Crippen MR) is 97.2 cm³/mol. The second-order valence-electron chi connectivity index (χ2n) is 5.75. The fourth-order valence-electron chi connectivity index (χ4n) is 2.17. The molecular formula is C17H24ClN5. The van der Waals surface area contributed by atoms with Gasteiger partial charge in [-0.2, -0.15) is 4.98 Å². The van der Waals surface area contributed by atoms with Crippen LogP contribution < -0.4 is 10.6 Å². The Morgan fingerprint density at radius 2 is 1.91 bits per heavy atom. The first kappa shape index (κ1) is 17.5. The van der Waals surface area contributed by atoms with Crippen LogP contribution in [0.5, 0.6) is 0 Å². The van der Waals surface area contributed by atoms with Gasteiger partial charge < -0.3 is 15.5 Å². The molecule has 0 aliphatic rings. The number of anilines is 2. The highest BCUT2D eigenvalue weighted by Crippen LogP contribution is 2.16. The first-order valence-corrected chi connectivity index (χ1v) is 8.14. The van der Waals surface area contributed by atoms with E-state index in [-0.39, 0.29) is 0 Å². The lowest BCUT2D eigenvalue weighted by atomic mass is 10.2. The van der Waals surface area contributed by atoms with Crippen LogP contribution >= 0.6 is 11.6 Å². The molecule has 0 unspecified atom stereocenters. The molecule has 0 aliphatic carbocycles. The number of hydrogen-bond donors (Lipinski definition) is 2. The maximum Gasteiger partial charge on any atom is 0.225 e. The van der Waals surface area contributed by atoms with Gasteiger partial charge in [0.1, 0.15) is 5.82 Å². The van der Waals surface area contributed by atoms with Crippen molar-refractivity contribution in [2.45, 2.75) is 19.9 Å². The smallest absolute Gasteiger partial charge is 0.225 e. The van der Waals surface area contributed by atoms with Gasteiger partial charge in [0.05, 0.1) is 0 Å². The van der Waals surface area contributed by atoms with Crippen LogP contribution in [0.2, 0.25) is 5.02 Å². The summed E-state index contributed by atoms with van der Waals surface area (Å²) in [5.41, 5.74) is 1.96. The minimum atomic E-state index is 0.600. The highest BCUT2D eigenvalue weighted by Gasteiger charge is 2.04. The first-order chi connectivity index (χ1) is 11.0. The summed E-state index contributed by atoms with van der Waals surface area (Å²) in [5, 5.41) is 7.33. The van der Waals surface area contributed by atoms with E-state index < -0.39 is 0 Å². The van der Waals surface area contributed by atoms with Crippen molar-refractivity contribution in [3.05, 3.63) is 46.6 Å². The molecule has 0 bridgehead atoms. The van der Waals surface area contributed by atoms with Gasteiger partial charge in [0, 0.05) is 29.9 Å². The molecule has 0 atom stereocenters. The Balaban J connectivity index is 1.93. The van der Waals surface area contributed by atoms with Gasteiger partial charge in [0.15, 0.2) is 0 Å². The Kier molecular flexibility index (Phi) is 6.62. The molecule has 2 aromatic rings. The lowest BCUT2D eigenvalue weighted by Gasteiger charge is -2.12. The van der Waals surface area contributed by atoms with Gasteiger partial charge in [-0.05, 0) is 45.6 Å². The molecule has 23 heavy (non-hydrogen) atoms. The topological polar surface area (TPSA) is 53.1 Å².